The first-order chi connectivity index (χ1) is 8.41. The maximum Gasteiger partial charge on any atom is 0.272 e. The third kappa shape index (κ3) is 1.55. The van der Waals surface area contributed by atoms with E-state index in [1.165, 1.54) is 26.2 Å². The minimum atomic E-state index is -3.80. The minimum Gasteiger partial charge on any atom is -0.505 e. The van der Waals surface area contributed by atoms with Gasteiger partial charge in [-0.1, -0.05) is 12.1 Å². The number of nitrogens with one attached hydrogen (secondary N) is 1. The maximum absolute atomic E-state index is 12.2. The highest BCUT2D eigenvalue weighted by Gasteiger charge is 2.37. The van der Waals surface area contributed by atoms with Crippen LogP contribution in [0.5, 0.6) is 0 Å². The molecule has 0 bridgehead atoms. The van der Waals surface area contributed by atoms with Gasteiger partial charge in [-0.25, -0.2) is 8.42 Å². The van der Waals surface area contributed by atoms with Crippen LogP contribution in [0, 0.1) is 0 Å². The van der Waals surface area contributed by atoms with Crippen molar-refractivity contribution in [2.75, 3.05) is 14.1 Å². The highest BCUT2D eigenvalue weighted by atomic mass is 32.2. The first kappa shape index (κ1) is 12.4. The van der Waals surface area contributed by atoms with E-state index in [0.29, 0.717) is 0 Å². The lowest BCUT2D eigenvalue weighted by atomic mass is 10.1. The van der Waals surface area contributed by atoms with Crippen molar-refractivity contribution in [1.82, 2.24) is 9.62 Å². The normalized spacial score (nSPS) is 17.3. The van der Waals surface area contributed by atoms with E-state index in [1.54, 1.807) is 12.1 Å². The Morgan fingerprint density at radius 3 is 2.56 bits per heavy atom. The molecule has 7 heteroatoms. The van der Waals surface area contributed by atoms with E-state index >= 15 is 0 Å². The lowest BCUT2D eigenvalue weighted by Crippen LogP contribution is -2.38. The highest BCUT2D eigenvalue weighted by Crippen LogP contribution is 2.34. The van der Waals surface area contributed by atoms with Crippen LogP contribution in [-0.2, 0) is 14.8 Å². The lowest BCUT2D eigenvalue weighted by molar-refractivity contribution is -0.118. The molecular formula is C11H12N2O4S. The zero-order valence-corrected chi connectivity index (χ0v) is 10.7. The molecule has 1 heterocycles. The van der Waals surface area contributed by atoms with Crippen LogP contribution in [0.1, 0.15) is 5.56 Å². The van der Waals surface area contributed by atoms with E-state index in [4.69, 9.17) is 0 Å². The zero-order chi connectivity index (χ0) is 13.5. The second kappa shape index (κ2) is 4.02. The molecule has 0 saturated heterocycles. The molecule has 1 aliphatic heterocycles. The molecule has 18 heavy (non-hydrogen) atoms. The van der Waals surface area contributed by atoms with Crippen molar-refractivity contribution in [3.63, 3.8) is 0 Å². The van der Waals surface area contributed by atoms with Crippen LogP contribution in [0.3, 0.4) is 0 Å². The van der Waals surface area contributed by atoms with Crippen molar-refractivity contribution in [2.45, 2.75) is 4.90 Å². The summed E-state index contributed by atoms with van der Waals surface area (Å²) in [7, 11) is -1.21. The van der Waals surface area contributed by atoms with Crippen LogP contribution in [0.15, 0.2) is 34.9 Å². The fraction of sp³-hybridized carbons (Fsp3) is 0.182. The Balaban J connectivity index is 2.81. The summed E-state index contributed by atoms with van der Waals surface area (Å²) >= 11 is 0. The minimum absolute atomic E-state index is 0.0161. The molecule has 0 unspecified atom stereocenters. The number of hydrogen-bond donors (Lipinski definition) is 2. The van der Waals surface area contributed by atoms with Gasteiger partial charge in [-0.15, -0.1) is 0 Å². The molecule has 2 N–H and O–H groups in total. The molecule has 6 nitrogen and oxygen atoms in total. The molecule has 0 saturated carbocycles. The van der Waals surface area contributed by atoms with Crippen LogP contribution in [0.4, 0.5) is 0 Å². The number of aliphatic hydroxyl groups is 1. The van der Waals surface area contributed by atoms with Gasteiger partial charge in [0.05, 0.1) is 4.90 Å². The van der Waals surface area contributed by atoms with Gasteiger partial charge < -0.3 is 10.4 Å². The molecule has 1 amide bonds. The number of nitrogens with zero attached hydrogens (tertiary/aromatic N) is 1. The molecule has 1 aromatic rings. The summed E-state index contributed by atoms with van der Waals surface area (Å²) in [5.41, 5.74) is -0.148. The predicted octanol–water partition coefficient (Wildman–Crippen LogP) is 0.293. The van der Waals surface area contributed by atoms with Crippen LogP contribution in [-0.4, -0.2) is 37.8 Å². The third-order valence-electron chi connectivity index (χ3n) is 2.76. The van der Waals surface area contributed by atoms with Gasteiger partial charge in [0.15, 0.2) is 11.5 Å². The van der Waals surface area contributed by atoms with Crippen LogP contribution in [0.25, 0.3) is 5.76 Å². The SMILES string of the molecule is CNC(=O)C1=C(O)c2ccccc2S(=O)(=O)N1C. The maximum atomic E-state index is 12.2. The summed E-state index contributed by atoms with van der Waals surface area (Å²) in [6.07, 6.45) is 0. The van der Waals surface area contributed by atoms with Crippen molar-refractivity contribution in [3.8, 4) is 0 Å². The Hall–Kier alpha value is -2.02. The monoisotopic (exact) mass is 268 g/mol. The zero-order valence-electron chi connectivity index (χ0n) is 9.84. The Labute approximate surface area is 105 Å². The molecule has 0 radical (unpaired) electrons. The fourth-order valence-corrected chi connectivity index (χ4v) is 3.20. The van der Waals surface area contributed by atoms with E-state index < -0.39 is 15.9 Å². The molecule has 96 valence electrons. The van der Waals surface area contributed by atoms with Crippen molar-refractivity contribution < 1.29 is 18.3 Å². The summed E-state index contributed by atoms with van der Waals surface area (Å²) in [6.45, 7) is 0. The number of sulfonamides is 1. The second-order valence-electron chi connectivity index (χ2n) is 3.75. The van der Waals surface area contributed by atoms with Crippen molar-refractivity contribution in [3.05, 3.63) is 35.5 Å². The Kier molecular flexibility index (Phi) is 2.78. The quantitative estimate of drug-likeness (QED) is 0.766. The molecule has 1 aromatic carbocycles. The molecule has 0 spiro atoms. The molecule has 0 aliphatic carbocycles. The summed E-state index contributed by atoms with van der Waals surface area (Å²) < 4.78 is 25.1. The molecule has 1 aliphatic rings. The number of rotatable bonds is 1. The highest BCUT2D eigenvalue weighted by molar-refractivity contribution is 7.89. The Morgan fingerprint density at radius 2 is 1.94 bits per heavy atom. The summed E-state index contributed by atoms with van der Waals surface area (Å²) in [4.78, 5) is 11.6. The van der Waals surface area contributed by atoms with E-state index in [2.05, 4.69) is 5.32 Å². The second-order valence-corrected chi connectivity index (χ2v) is 5.68. The van der Waals surface area contributed by atoms with E-state index in [0.717, 1.165) is 4.31 Å². The largest absolute Gasteiger partial charge is 0.505 e. The lowest BCUT2D eigenvalue weighted by Gasteiger charge is -2.28. The number of benzene rings is 1. The van der Waals surface area contributed by atoms with Gasteiger partial charge in [-0.05, 0) is 12.1 Å². The summed E-state index contributed by atoms with van der Waals surface area (Å²) in [5.74, 6) is -1.00. The molecular weight excluding hydrogens is 256 g/mol. The van der Waals surface area contributed by atoms with Crippen LogP contribution < -0.4 is 5.32 Å². The van der Waals surface area contributed by atoms with Crippen LogP contribution >= 0.6 is 0 Å². The molecule has 0 atom stereocenters. The molecule has 2 rings (SSSR count). The number of aliphatic hydroxyl groups excluding tert-OH is 1. The number of carbonyl (C=O) groups excluding carboxylic acids is 1. The fourth-order valence-electron chi connectivity index (χ4n) is 1.80. The van der Waals surface area contributed by atoms with Crippen molar-refractivity contribution in [2.24, 2.45) is 0 Å². The van der Waals surface area contributed by atoms with Gasteiger partial charge in [0.1, 0.15) is 0 Å². The predicted molar refractivity (Wildman–Crippen MR) is 65.0 cm³/mol. The number of likely N-dealkylation sites (N-methyl/N-ethyl adjacent to an activating group) is 2. The van der Waals surface area contributed by atoms with Gasteiger partial charge in [0.25, 0.3) is 15.9 Å². The van der Waals surface area contributed by atoms with Gasteiger partial charge in [0.2, 0.25) is 0 Å². The van der Waals surface area contributed by atoms with Gasteiger partial charge in [0, 0.05) is 19.7 Å². The molecule has 0 aromatic heterocycles. The van der Waals surface area contributed by atoms with E-state index in [-0.39, 0.29) is 21.9 Å². The number of fused-ring (bicyclic) bond motifs is 1. The topological polar surface area (TPSA) is 86.7 Å². The number of hydrogen-bond acceptors (Lipinski definition) is 4. The van der Waals surface area contributed by atoms with Gasteiger partial charge >= 0.3 is 0 Å². The Bertz CT molecular complexity index is 649. The average molecular weight is 268 g/mol. The summed E-state index contributed by atoms with van der Waals surface area (Å²) in [5, 5.41) is 12.3. The Morgan fingerprint density at radius 1 is 1.33 bits per heavy atom. The van der Waals surface area contributed by atoms with Crippen LogP contribution in [0.2, 0.25) is 0 Å². The number of amides is 1. The van der Waals surface area contributed by atoms with E-state index in [1.807, 2.05) is 0 Å². The van der Waals surface area contributed by atoms with Crippen molar-refractivity contribution >= 4 is 21.7 Å². The smallest absolute Gasteiger partial charge is 0.272 e. The average Bonchev–Trinajstić information content (AvgIpc) is 2.37. The first-order valence-electron chi connectivity index (χ1n) is 5.15. The molecule has 0 fully saturated rings. The summed E-state index contributed by atoms with van der Waals surface area (Å²) in [6, 6.07) is 6.00. The number of carbonyl (C=O) groups is 1. The van der Waals surface area contributed by atoms with Crippen molar-refractivity contribution in [1.29, 1.82) is 0 Å². The standard InChI is InChI=1S/C11H12N2O4S/c1-12-11(15)9-10(14)7-5-3-4-6-8(7)18(16,17)13(9)2/h3-6,14H,1-2H3,(H,12,15). The van der Waals surface area contributed by atoms with Gasteiger partial charge in [-0.2, -0.15) is 0 Å². The van der Waals surface area contributed by atoms with Gasteiger partial charge in [-0.3, -0.25) is 9.10 Å². The van der Waals surface area contributed by atoms with E-state index in [9.17, 15) is 18.3 Å². The third-order valence-corrected chi connectivity index (χ3v) is 4.58. The first-order valence-corrected chi connectivity index (χ1v) is 6.59.